The van der Waals surface area contributed by atoms with E-state index in [-0.39, 0.29) is 11.9 Å². The number of hydrogen-bond acceptors (Lipinski definition) is 6. The van der Waals surface area contributed by atoms with Gasteiger partial charge in [0.15, 0.2) is 0 Å². The molecule has 1 aliphatic heterocycles. The molecule has 0 saturated carbocycles. The van der Waals surface area contributed by atoms with Crippen LogP contribution in [0, 0.1) is 0 Å². The van der Waals surface area contributed by atoms with Crippen molar-refractivity contribution in [1.82, 2.24) is 9.80 Å². The summed E-state index contributed by atoms with van der Waals surface area (Å²) in [6.07, 6.45) is 2.66. The van der Waals surface area contributed by atoms with Crippen molar-refractivity contribution >= 4 is 11.9 Å². The second-order valence-corrected chi connectivity index (χ2v) is 5.62. The molecule has 1 fully saturated rings. The van der Waals surface area contributed by atoms with E-state index >= 15 is 0 Å². The number of carbonyl (C=O) groups excluding carboxylic acids is 2. The van der Waals surface area contributed by atoms with Gasteiger partial charge in [-0.25, -0.2) is 0 Å². The predicted molar refractivity (Wildman–Crippen MR) is 84.6 cm³/mol. The lowest BCUT2D eigenvalue weighted by atomic mass is 10.2. The summed E-state index contributed by atoms with van der Waals surface area (Å²) in [5.74, 6) is -0.217. The van der Waals surface area contributed by atoms with Crippen molar-refractivity contribution in [3.63, 3.8) is 0 Å². The average Bonchev–Trinajstić information content (AvgIpc) is 2.55. The fourth-order valence-electron chi connectivity index (χ4n) is 2.31. The highest BCUT2D eigenvalue weighted by atomic mass is 16.5. The number of ether oxygens (including phenoxy) is 2. The summed E-state index contributed by atoms with van der Waals surface area (Å²) >= 11 is 0. The molecule has 0 atom stereocenters. The molecule has 1 saturated heterocycles. The minimum Gasteiger partial charge on any atom is -0.466 e. The Balaban J connectivity index is 2.08. The topological polar surface area (TPSA) is 59.1 Å². The number of rotatable bonds is 10. The Morgan fingerprint density at radius 1 is 0.773 bits per heavy atom. The van der Waals surface area contributed by atoms with Crippen LogP contribution in [-0.4, -0.2) is 74.2 Å². The molecule has 0 spiro atoms. The van der Waals surface area contributed by atoms with Gasteiger partial charge >= 0.3 is 11.9 Å². The van der Waals surface area contributed by atoms with Crippen LogP contribution in [0.2, 0.25) is 0 Å². The first kappa shape index (κ1) is 18.9. The normalized spacial score (nSPS) is 16.5. The van der Waals surface area contributed by atoms with Crippen molar-refractivity contribution < 1.29 is 19.1 Å². The van der Waals surface area contributed by atoms with E-state index in [1.54, 1.807) is 0 Å². The van der Waals surface area contributed by atoms with Gasteiger partial charge in [-0.05, 0) is 12.8 Å². The fourth-order valence-corrected chi connectivity index (χ4v) is 2.31. The highest BCUT2D eigenvalue weighted by Gasteiger charge is 2.18. The molecule has 0 unspecified atom stereocenters. The highest BCUT2D eigenvalue weighted by molar-refractivity contribution is 5.69. The molecule has 0 aliphatic carbocycles. The molecule has 0 aromatic carbocycles. The van der Waals surface area contributed by atoms with Crippen LogP contribution in [0.25, 0.3) is 0 Å². The first-order valence-corrected chi connectivity index (χ1v) is 8.41. The van der Waals surface area contributed by atoms with E-state index in [1.807, 2.05) is 13.8 Å². The molecule has 22 heavy (non-hydrogen) atoms. The SMILES string of the molecule is CCCOC(=O)CCN1CCN(CCC(=O)OCCC)CC1. The maximum absolute atomic E-state index is 11.5. The predicted octanol–water partition coefficient (Wildman–Crippen LogP) is 1.29. The van der Waals surface area contributed by atoms with E-state index in [2.05, 4.69) is 9.80 Å². The van der Waals surface area contributed by atoms with E-state index in [9.17, 15) is 9.59 Å². The van der Waals surface area contributed by atoms with Crippen LogP contribution in [0.5, 0.6) is 0 Å². The third kappa shape index (κ3) is 8.34. The first-order chi connectivity index (χ1) is 10.7. The summed E-state index contributed by atoms with van der Waals surface area (Å²) in [4.78, 5) is 27.5. The average molecular weight is 314 g/mol. The smallest absolute Gasteiger partial charge is 0.307 e. The standard InChI is InChI=1S/C16H30N2O4/c1-3-13-21-15(19)5-7-17-9-11-18(12-10-17)8-6-16(20)22-14-4-2/h3-14H2,1-2H3. The van der Waals surface area contributed by atoms with E-state index < -0.39 is 0 Å². The second kappa shape index (κ2) is 11.4. The van der Waals surface area contributed by atoms with Crippen molar-refractivity contribution in [1.29, 1.82) is 0 Å². The molecule has 6 heteroatoms. The van der Waals surface area contributed by atoms with E-state index in [0.29, 0.717) is 26.1 Å². The Hall–Kier alpha value is -1.14. The molecule has 0 N–H and O–H groups in total. The minimum absolute atomic E-state index is 0.108. The lowest BCUT2D eigenvalue weighted by Crippen LogP contribution is -2.47. The van der Waals surface area contributed by atoms with Gasteiger partial charge in [-0.3, -0.25) is 9.59 Å². The quantitative estimate of drug-likeness (QED) is 0.566. The highest BCUT2D eigenvalue weighted by Crippen LogP contribution is 2.04. The van der Waals surface area contributed by atoms with Crippen LogP contribution in [0.15, 0.2) is 0 Å². The molecule has 6 nitrogen and oxygen atoms in total. The molecular weight excluding hydrogens is 284 g/mol. The van der Waals surface area contributed by atoms with Crippen LogP contribution in [-0.2, 0) is 19.1 Å². The molecule has 0 aromatic rings. The van der Waals surface area contributed by atoms with Crippen LogP contribution in [0.3, 0.4) is 0 Å². The van der Waals surface area contributed by atoms with E-state index in [1.165, 1.54) is 0 Å². The Labute approximate surface area is 133 Å². The lowest BCUT2D eigenvalue weighted by Gasteiger charge is -2.34. The van der Waals surface area contributed by atoms with Gasteiger partial charge in [0.1, 0.15) is 0 Å². The number of carbonyl (C=O) groups is 2. The Kier molecular flexibility index (Phi) is 9.82. The molecule has 0 aromatic heterocycles. The number of esters is 2. The molecule has 0 radical (unpaired) electrons. The van der Waals surface area contributed by atoms with Crippen molar-refractivity contribution in [3.05, 3.63) is 0 Å². The zero-order valence-corrected chi connectivity index (χ0v) is 14.0. The van der Waals surface area contributed by atoms with Crippen molar-refractivity contribution in [2.45, 2.75) is 39.5 Å². The second-order valence-electron chi connectivity index (χ2n) is 5.62. The van der Waals surface area contributed by atoms with Gasteiger partial charge in [0, 0.05) is 39.3 Å². The largest absolute Gasteiger partial charge is 0.466 e. The van der Waals surface area contributed by atoms with Gasteiger partial charge in [-0.2, -0.15) is 0 Å². The van der Waals surface area contributed by atoms with Gasteiger partial charge in [-0.1, -0.05) is 13.8 Å². The van der Waals surface area contributed by atoms with Gasteiger partial charge in [0.25, 0.3) is 0 Å². The van der Waals surface area contributed by atoms with Gasteiger partial charge in [-0.15, -0.1) is 0 Å². The maximum atomic E-state index is 11.5. The molecule has 0 amide bonds. The zero-order valence-electron chi connectivity index (χ0n) is 14.0. The Morgan fingerprint density at radius 3 is 1.45 bits per heavy atom. The molecule has 1 heterocycles. The molecular formula is C16H30N2O4. The summed E-state index contributed by atoms with van der Waals surface area (Å²) in [5, 5.41) is 0. The van der Waals surface area contributed by atoms with E-state index in [0.717, 1.165) is 52.1 Å². The first-order valence-electron chi connectivity index (χ1n) is 8.41. The molecule has 1 aliphatic rings. The molecule has 0 bridgehead atoms. The summed E-state index contributed by atoms with van der Waals surface area (Å²) < 4.78 is 10.1. The number of hydrogen-bond donors (Lipinski definition) is 0. The number of nitrogens with zero attached hydrogens (tertiary/aromatic N) is 2. The van der Waals surface area contributed by atoms with Crippen molar-refractivity contribution in [3.8, 4) is 0 Å². The third-order valence-corrected chi connectivity index (χ3v) is 3.66. The molecule has 1 rings (SSSR count). The van der Waals surface area contributed by atoms with Crippen LogP contribution in [0.4, 0.5) is 0 Å². The molecule has 128 valence electrons. The van der Waals surface area contributed by atoms with Crippen LogP contribution in [0.1, 0.15) is 39.5 Å². The van der Waals surface area contributed by atoms with Crippen molar-refractivity contribution in [2.24, 2.45) is 0 Å². The lowest BCUT2D eigenvalue weighted by molar-refractivity contribution is -0.145. The number of piperazine rings is 1. The minimum atomic E-state index is -0.108. The van der Waals surface area contributed by atoms with Gasteiger partial charge in [0.2, 0.25) is 0 Å². The summed E-state index contributed by atoms with van der Waals surface area (Å²) in [7, 11) is 0. The Bertz CT molecular complexity index is 296. The third-order valence-electron chi connectivity index (χ3n) is 3.66. The van der Waals surface area contributed by atoms with E-state index in [4.69, 9.17) is 9.47 Å². The summed E-state index contributed by atoms with van der Waals surface area (Å²) in [6.45, 7) is 10.3. The maximum Gasteiger partial charge on any atom is 0.307 e. The zero-order chi connectivity index (χ0) is 16.2. The Morgan fingerprint density at radius 2 is 1.14 bits per heavy atom. The fraction of sp³-hybridized carbons (Fsp3) is 0.875. The monoisotopic (exact) mass is 314 g/mol. The van der Waals surface area contributed by atoms with Gasteiger partial charge in [0.05, 0.1) is 26.1 Å². The summed E-state index contributed by atoms with van der Waals surface area (Å²) in [5.41, 5.74) is 0. The van der Waals surface area contributed by atoms with Crippen LogP contribution < -0.4 is 0 Å². The van der Waals surface area contributed by atoms with Crippen LogP contribution >= 0.6 is 0 Å². The summed E-state index contributed by atoms with van der Waals surface area (Å²) in [6, 6.07) is 0. The van der Waals surface area contributed by atoms with Crippen molar-refractivity contribution in [2.75, 3.05) is 52.5 Å². The van der Waals surface area contributed by atoms with Gasteiger partial charge < -0.3 is 19.3 Å².